The average molecular weight is 363 g/mol. The minimum atomic E-state index is 0.0882. The van der Waals surface area contributed by atoms with Gasteiger partial charge in [-0.2, -0.15) is 0 Å². The van der Waals surface area contributed by atoms with Gasteiger partial charge in [0.25, 0.3) is 5.56 Å². The minimum absolute atomic E-state index is 0.0882. The molecule has 1 unspecified atom stereocenters. The molecule has 3 heterocycles. The van der Waals surface area contributed by atoms with Crippen molar-refractivity contribution in [2.24, 2.45) is 7.05 Å². The van der Waals surface area contributed by atoms with E-state index in [-0.39, 0.29) is 11.7 Å². The highest BCUT2D eigenvalue weighted by Crippen LogP contribution is 2.18. The first-order chi connectivity index (χ1) is 13.2. The molecule has 0 aliphatic carbocycles. The van der Waals surface area contributed by atoms with E-state index in [9.17, 15) is 4.79 Å². The Morgan fingerprint density at radius 3 is 2.89 bits per heavy atom. The monoisotopic (exact) mass is 363 g/mol. The van der Waals surface area contributed by atoms with E-state index in [0.29, 0.717) is 13.2 Å². The number of aryl methyl sites for hydroxylation is 1. The van der Waals surface area contributed by atoms with Crippen LogP contribution in [0.2, 0.25) is 0 Å². The number of fused-ring (bicyclic) bond motifs is 1. The molecule has 3 aromatic rings. The van der Waals surface area contributed by atoms with Gasteiger partial charge < -0.3 is 9.30 Å². The fourth-order valence-electron chi connectivity index (χ4n) is 3.82. The summed E-state index contributed by atoms with van der Waals surface area (Å²) in [6.45, 7) is 3.06. The van der Waals surface area contributed by atoms with Crippen LogP contribution in [0.3, 0.4) is 0 Å². The number of benzene rings is 1. The van der Waals surface area contributed by atoms with Crippen molar-refractivity contribution in [3.05, 3.63) is 76.3 Å². The smallest absolute Gasteiger partial charge is 0.255 e. The summed E-state index contributed by atoms with van der Waals surface area (Å²) in [6.07, 6.45) is 4.12. The highest BCUT2D eigenvalue weighted by atomic mass is 16.5. The summed E-state index contributed by atoms with van der Waals surface area (Å²) < 4.78 is 7.83. The Hall–Kier alpha value is -2.50. The number of pyridine rings is 2. The van der Waals surface area contributed by atoms with Crippen LogP contribution in [0.15, 0.2) is 59.5 Å². The molecule has 1 aromatic carbocycles. The minimum Gasteiger partial charge on any atom is -0.371 e. The van der Waals surface area contributed by atoms with Crippen molar-refractivity contribution in [3.63, 3.8) is 0 Å². The highest BCUT2D eigenvalue weighted by molar-refractivity contribution is 5.79. The molecule has 2 aromatic heterocycles. The lowest BCUT2D eigenvalue weighted by molar-refractivity contribution is -0.0133. The van der Waals surface area contributed by atoms with Gasteiger partial charge in [-0.15, -0.1) is 0 Å². The fourth-order valence-corrected chi connectivity index (χ4v) is 3.82. The lowest BCUT2D eigenvalue weighted by atomic mass is 10.1. The van der Waals surface area contributed by atoms with E-state index < -0.39 is 0 Å². The van der Waals surface area contributed by atoms with Crippen molar-refractivity contribution in [2.45, 2.75) is 32.1 Å². The lowest BCUT2D eigenvalue weighted by Gasteiger charge is -2.32. The number of ether oxygens (including phenoxy) is 1. The maximum Gasteiger partial charge on any atom is 0.255 e. The van der Waals surface area contributed by atoms with Crippen molar-refractivity contribution in [2.75, 3.05) is 13.1 Å². The Morgan fingerprint density at radius 2 is 2.04 bits per heavy atom. The van der Waals surface area contributed by atoms with E-state index in [4.69, 9.17) is 4.74 Å². The van der Waals surface area contributed by atoms with Gasteiger partial charge in [0.15, 0.2) is 0 Å². The Balaban J connectivity index is 1.44. The normalized spacial score (nSPS) is 18.0. The van der Waals surface area contributed by atoms with Gasteiger partial charge in [-0.25, -0.2) is 0 Å². The molecule has 5 heteroatoms. The second-order valence-corrected chi connectivity index (χ2v) is 7.22. The van der Waals surface area contributed by atoms with Crippen LogP contribution in [0.25, 0.3) is 10.9 Å². The number of likely N-dealkylation sites (tertiary alicyclic amines) is 1. The molecule has 1 fully saturated rings. The molecule has 1 aliphatic heterocycles. The third kappa shape index (κ3) is 4.10. The highest BCUT2D eigenvalue weighted by Gasteiger charge is 2.22. The average Bonchev–Trinajstić information content (AvgIpc) is 2.71. The number of hydrogen-bond acceptors (Lipinski definition) is 4. The first kappa shape index (κ1) is 17.9. The van der Waals surface area contributed by atoms with E-state index in [2.05, 4.69) is 16.0 Å². The van der Waals surface area contributed by atoms with Crippen LogP contribution < -0.4 is 5.56 Å². The lowest BCUT2D eigenvalue weighted by Crippen LogP contribution is -2.40. The van der Waals surface area contributed by atoms with Crippen molar-refractivity contribution in [3.8, 4) is 0 Å². The van der Waals surface area contributed by atoms with Gasteiger partial charge in [-0.1, -0.05) is 24.3 Å². The topological polar surface area (TPSA) is 47.4 Å². The Labute approximate surface area is 159 Å². The van der Waals surface area contributed by atoms with E-state index in [1.54, 1.807) is 10.8 Å². The number of aromatic nitrogens is 2. The molecule has 0 saturated carbocycles. The van der Waals surface area contributed by atoms with E-state index in [0.717, 1.165) is 48.1 Å². The van der Waals surface area contributed by atoms with Crippen LogP contribution in [0.4, 0.5) is 0 Å². The quantitative estimate of drug-likeness (QED) is 0.699. The molecule has 4 rings (SSSR count). The molecule has 0 N–H and O–H groups in total. The van der Waals surface area contributed by atoms with Gasteiger partial charge in [-0.3, -0.25) is 14.7 Å². The maximum absolute atomic E-state index is 12.7. The zero-order valence-electron chi connectivity index (χ0n) is 15.7. The zero-order valence-corrected chi connectivity index (χ0v) is 15.7. The number of nitrogens with zero attached hydrogens (tertiary/aromatic N) is 3. The summed E-state index contributed by atoms with van der Waals surface area (Å²) in [4.78, 5) is 19.4. The Kier molecular flexibility index (Phi) is 5.32. The SMILES string of the molecule is Cn1c(=O)c(CN2CCCC(OCc3ccccn3)C2)cc2ccccc21. The number of rotatable bonds is 5. The molecule has 0 amide bonds. The van der Waals surface area contributed by atoms with Crippen molar-refractivity contribution in [1.82, 2.24) is 14.5 Å². The first-order valence-electron chi connectivity index (χ1n) is 9.52. The molecule has 140 valence electrons. The van der Waals surface area contributed by atoms with Gasteiger partial charge in [0, 0.05) is 31.9 Å². The van der Waals surface area contributed by atoms with Gasteiger partial charge in [0.2, 0.25) is 0 Å². The largest absolute Gasteiger partial charge is 0.371 e. The molecular weight excluding hydrogens is 338 g/mol. The summed E-state index contributed by atoms with van der Waals surface area (Å²) in [5.74, 6) is 0. The van der Waals surface area contributed by atoms with Crippen LogP contribution in [0.5, 0.6) is 0 Å². The third-order valence-corrected chi connectivity index (χ3v) is 5.26. The fraction of sp³-hybridized carbons (Fsp3) is 0.364. The van der Waals surface area contributed by atoms with Gasteiger partial charge in [-0.05, 0) is 49.0 Å². The van der Waals surface area contributed by atoms with Crippen molar-refractivity contribution < 1.29 is 4.74 Å². The van der Waals surface area contributed by atoms with Crippen LogP contribution in [0, 0.1) is 0 Å². The molecule has 0 spiro atoms. The number of piperidine rings is 1. The standard InChI is InChI=1S/C22H25N3O2/c1-24-21-10-3-2-7-17(21)13-18(22(24)26)14-25-12-6-9-20(15-25)27-16-19-8-4-5-11-23-19/h2-5,7-8,10-11,13,20H,6,9,12,14-16H2,1H3. The summed E-state index contributed by atoms with van der Waals surface area (Å²) in [5.41, 5.74) is 2.87. The molecule has 1 aliphatic rings. The van der Waals surface area contributed by atoms with E-state index in [1.807, 2.05) is 49.5 Å². The second kappa shape index (κ2) is 8.03. The third-order valence-electron chi connectivity index (χ3n) is 5.26. The Bertz CT molecular complexity index is 968. The van der Waals surface area contributed by atoms with Crippen molar-refractivity contribution in [1.29, 1.82) is 0 Å². The number of para-hydroxylation sites is 1. The predicted molar refractivity (Wildman–Crippen MR) is 107 cm³/mol. The molecule has 0 radical (unpaired) electrons. The molecule has 27 heavy (non-hydrogen) atoms. The predicted octanol–water partition coefficient (Wildman–Crippen LogP) is 3.11. The maximum atomic E-state index is 12.7. The van der Waals surface area contributed by atoms with Gasteiger partial charge in [0.05, 0.1) is 23.9 Å². The summed E-state index contributed by atoms with van der Waals surface area (Å²) >= 11 is 0. The van der Waals surface area contributed by atoms with Crippen LogP contribution in [-0.2, 0) is 24.9 Å². The molecule has 5 nitrogen and oxygen atoms in total. The Morgan fingerprint density at radius 1 is 1.19 bits per heavy atom. The summed E-state index contributed by atoms with van der Waals surface area (Å²) in [7, 11) is 1.85. The van der Waals surface area contributed by atoms with Gasteiger partial charge in [0.1, 0.15) is 0 Å². The van der Waals surface area contributed by atoms with Crippen LogP contribution >= 0.6 is 0 Å². The molecular formula is C22H25N3O2. The molecule has 1 atom stereocenters. The van der Waals surface area contributed by atoms with Gasteiger partial charge >= 0.3 is 0 Å². The van der Waals surface area contributed by atoms with Crippen LogP contribution in [-0.4, -0.2) is 33.6 Å². The summed E-state index contributed by atoms with van der Waals surface area (Å²) in [5, 5.41) is 1.11. The second-order valence-electron chi connectivity index (χ2n) is 7.22. The van der Waals surface area contributed by atoms with Crippen LogP contribution in [0.1, 0.15) is 24.1 Å². The van der Waals surface area contributed by atoms with E-state index >= 15 is 0 Å². The van der Waals surface area contributed by atoms with E-state index in [1.165, 1.54) is 0 Å². The van der Waals surface area contributed by atoms with Crippen molar-refractivity contribution >= 4 is 10.9 Å². The summed E-state index contributed by atoms with van der Waals surface area (Å²) in [6, 6.07) is 15.9. The zero-order chi connectivity index (χ0) is 18.6. The molecule has 1 saturated heterocycles. The first-order valence-corrected chi connectivity index (χ1v) is 9.52. The number of hydrogen-bond donors (Lipinski definition) is 0. The molecule has 0 bridgehead atoms.